The maximum atomic E-state index is 5.97. The van der Waals surface area contributed by atoms with Crippen molar-refractivity contribution < 1.29 is 0 Å². The lowest BCUT2D eigenvalue weighted by Crippen LogP contribution is -2.29. The van der Waals surface area contributed by atoms with Crippen molar-refractivity contribution in [3.63, 3.8) is 0 Å². The van der Waals surface area contributed by atoms with Crippen LogP contribution < -0.4 is 5.73 Å². The van der Waals surface area contributed by atoms with Gasteiger partial charge >= 0.3 is 0 Å². The van der Waals surface area contributed by atoms with Crippen molar-refractivity contribution in [1.82, 2.24) is 29.8 Å². The fraction of sp³-hybridized carbons (Fsp3) is 0.636. The van der Waals surface area contributed by atoms with Crippen LogP contribution in [0.5, 0.6) is 0 Å². The van der Waals surface area contributed by atoms with E-state index in [-0.39, 0.29) is 0 Å². The van der Waals surface area contributed by atoms with Crippen LogP contribution in [-0.2, 0) is 18.6 Å². The topological polar surface area (TPSA) is 87.4 Å². The smallest absolute Gasteiger partial charge is 0.148 e. The molecule has 2 N–H and O–H groups in total. The number of hydrogen-bond acceptors (Lipinski definition) is 5. The van der Waals surface area contributed by atoms with Gasteiger partial charge in [-0.2, -0.15) is 5.10 Å². The van der Waals surface area contributed by atoms with E-state index < -0.39 is 5.54 Å². The summed E-state index contributed by atoms with van der Waals surface area (Å²) in [5.74, 6) is 0.878. The monoisotopic (exact) mass is 249 g/mol. The van der Waals surface area contributed by atoms with Gasteiger partial charge < -0.3 is 5.73 Å². The number of aryl methyl sites for hydroxylation is 1. The number of nitrogens with zero attached hydrogens (tertiary/aromatic N) is 6. The number of nitrogens with two attached hydrogens (primary N) is 1. The minimum absolute atomic E-state index is 0.477. The van der Waals surface area contributed by atoms with E-state index in [0.717, 1.165) is 24.5 Å². The summed E-state index contributed by atoms with van der Waals surface area (Å²) in [6, 6.07) is 0. The molecule has 2 rings (SSSR count). The maximum absolute atomic E-state index is 5.97. The predicted molar refractivity (Wildman–Crippen MR) is 66.7 cm³/mol. The summed E-state index contributed by atoms with van der Waals surface area (Å²) in [7, 11) is 0. The fourth-order valence-electron chi connectivity index (χ4n) is 1.62. The summed E-state index contributed by atoms with van der Waals surface area (Å²) in [4.78, 5) is 4.23. The van der Waals surface area contributed by atoms with Crippen LogP contribution in [0.25, 0.3) is 0 Å². The highest BCUT2D eigenvalue weighted by molar-refractivity contribution is 5.06. The quantitative estimate of drug-likeness (QED) is 0.834. The van der Waals surface area contributed by atoms with Gasteiger partial charge in [0.25, 0.3) is 0 Å². The van der Waals surface area contributed by atoms with Crippen molar-refractivity contribution in [1.29, 1.82) is 0 Å². The van der Waals surface area contributed by atoms with Gasteiger partial charge in [-0.05, 0) is 20.3 Å². The average Bonchev–Trinajstić information content (AvgIpc) is 2.89. The second kappa shape index (κ2) is 4.85. The molecule has 98 valence electrons. The van der Waals surface area contributed by atoms with Crippen LogP contribution in [0, 0.1) is 0 Å². The van der Waals surface area contributed by atoms with Crippen molar-refractivity contribution in [2.45, 2.75) is 45.8 Å². The Labute approximate surface area is 106 Å². The molecule has 0 spiro atoms. The molecular weight excluding hydrogens is 230 g/mol. The molecule has 0 unspecified atom stereocenters. The van der Waals surface area contributed by atoms with Crippen LogP contribution in [0.4, 0.5) is 0 Å². The van der Waals surface area contributed by atoms with E-state index in [4.69, 9.17) is 5.73 Å². The zero-order valence-electron chi connectivity index (χ0n) is 11.0. The minimum Gasteiger partial charge on any atom is -0.320 e. The molecule has 0 aliphatic rings. The van der Waals surface area contributed by atoms with Crippen molar-refractivity contribution in [2.24, 2.45) is 5.73 Å². The molecule has 0 aromatic carbocycles. The van der Waals surface area contributed by atoms with Crippen LogP contribution in [0.2, 0.25) is 0 Å². The molecule has 0 saturated carbocycles. The molecule has 0 atom stereocenters. The highest BCUT2D eigenvalue weighted by Gasteiger charge is 2.18. The summed E-state index contributed by atoms with van der Waals surface area (Å²) >= 11 is 0. The second-order valence-electron chi connectivity index (χ2n) is 4.92. The molecule has 0 aliphatic heterocycles. The van der Waals surface area contributed by atoms with Gasteiger partial charge in [0.15, 0.2) is 0 Å². The Bertz CT molecular complexity index is 505. The average molecular weight is 249 g/mol. The molecule has 0 bridgehead atoms. The molecule has 2 heterocycles. The first-order valence-corrected chi connectivity index (χ1v) is 6.07. The first kappa shape index (κ1) is 12.7. The van der Waals surface area contributed by atoms with Gasteiger partial charge in [-0.3, -0.25) is 0 Å². The third kappa shape index (κ3) is 2.73. The van der Waals surface area contributed by atoms with Gasteiger partial charge in [0.05, 0.1) is 11.7 Å². The molecule has 2 aromatic rings. The van der Waals surface area contributed by atoms with Crippen molar-refractivity contribution in [3.8, 4) is 0 Å². The summed E-state index contributed by atoms with van der Waals surface area (Å²) in [6.45, 7) is 7.33. The van der Waals surface area contributed by atoms with E-state index in [0.29, 0.717) is 6.54 Å². The Morgan fingerprint density at radius 1 is 1.39 bits per heavy atom. The largest absolute Gasteiger partial charge is 0.320 e. The first-order valence-electron chi connectivity index (χ1n) is 6.07. The van der Waals surface area contributed by atoms with Gasteiger partial charge in [0.2, 0.25) is 0 Å². The second-order valence-corrected chi connectivity index (χ2v) is 4.92. The van der Waals surface area contributed by atoms with E-state index in [1.807, 2.05) is 24.7 Å². The van der Waals surface area contributed by atoms with Gasteiger partial charge in [-0.15, -0.1) is 5.10 Å². The summed E-state index contributed by atoms with van der Waals surface area (Å²) in [6.07, 6.45) is 4.44. The number of aromatic nitrogens is 6. The zero-order chi connectivity index (χ0) is 13.2. The van der Waals surface area contributed by atoms with Crippen LogP contribution in [0.1, 0.15) is 38.7 Å². The van der Waals surface area contributed by atoms with Crippen molar-refractivity contribution in [2.75, 3.05) is 0 Å². The Hall–Kier alpha value is -1.76. The molecule has 0 amide bonds. The van der Waals surface area contributed by atoms with Crippen LogP contribution >= 0.6 is 0 Å². The predicted octanol–water partition coefficient (Wildman–Crippen LogP) is 0.522. The van der Waals surface area contributed by atoms with Crippen LogP contribution in [-0.4, -0.2) is 29.8 Å². The van der Waals surface area contributed by atoms with Gasteiger partial charge in [-0.25, -0.2) is 14.3 Å². The molecule has 0 radical (unpaired) electrons. The van der Waals surface area contributed by atoms with Crippen LogP contribution in [0.3, 0.4) is 0 Å². The molecule has 0 fully saturated rings. The minimum atomic E-state index is -0.477. The summed E-state index contributed by atoms with van der Waals surface area (Å²) < 4.78 is 3.62. The standard InChI is InChI=1S/C11H19N7/c1-4-5-18-10(13-8-14-18)7-17-6-9(15-16-17)11(2,3)12/h6,8H,4-5,7,12H2,1-3H3. The normalized spacial score (nSPS) is 12.0. The van der Waals surface area contributed by atoms with E-state index in [9.17, 15) is 0 Å². The van der Waals surface area contributed by atoms with Crippen molar-refractivity contribution in [3.05, 3.63) is 24.0 Å². The number of hydrogen-bond donors (Lipinski definition) is 1. The highest BCUT2D eigenvalue weighted by Crippen LogP contribution is 2.12. The third-order valence-electron chi connectivity index (χ3n) is 2.63. The molecule has 7 nitrogen and oxygen atoms in total. The molecule has 0 saturated heterocycles. The SMILES string of the molecule is CCCn1ncnc1Cn1cc(C(C)(C)N)nn1. The number of rotatable bonds is 5. The molecule has 0 aliphatic carbocycles. The van der Waals surface area contributed by atoms with Crippen LogP contribution in [0.15, 0.2) is 12.5 Å². The third-order valence-corrected chi connectivity index (χ3v) is 2.63. The molecular formula is C11H19N7. The first-order chi connectivity index (χ1) is 8.50. The molecule has 7 heteroatoms. The van der Waals surface area contributed by atoms with Gasteiger partial charge in [0, 0.05) is 6.54 Å². The Morgan fingerprint density at radius 2 is 2.17 bits per heavy atom. The lowest BCUT2D eigenvalue weighted by molar-refractivity contribution is 0.531. The lowest BCUT2D eigenvalue weighted by atomic mass is 10.0. The Kier molecular flexibility index (Phi) is 3.42. The summed E-state index contributed by atoms with van der Waals surface area (Å²) in [5, 5.41) is 12.3. The van der Waals surface area contributed by atoms with Gasteiger partial charge in [-0.1, -0.05) is 12.1 Å². The van der Waals surface area contributed by atoms with E-state index >= 15 is 0 Å². The van der Waals surface area contributed by atoms with E-state index in [2.05, 4.69) is 27.3 Å². The van der Waals surface area contributed by atoms with E-state index in [1.165, 1.54) is 0 Å². The Morgan fingerprint density at radius 3 is 2.78 bits per heavy atom. The maximum Gasteiger partial charge on any atom is 0.148 e. The zero-order valence-corrected chi connectivity index (χ0v) is 11.0. The fourth-order valence-corrected chi connectivity index (χ4v) is 1.62. The lowest BCUT2D eigenvalue weighted by Gasteiger charge is -2.13. The highest BCUT2D eigenvalue weighted by atomic mass is 15.4. The van der Waals surface area contributed by atoms with E-state index in [1.54, 1.807) is 11.0 Å². The molecule has 18 heavy (non-hydrogen) atoms. The molecule has 2 aromatic heterocycles. The Balaban J connectivity index is 2.14. The summed E-state index contributed by atoms with van der Waals surface area (Å²) in [5.41, 5.74) is 6.26. The van der Waals surface area contributed by atoms with Crippen molar-refractivity contribution >= 4 is 0 Å². The van der Waals surface area contributed by atoms with Gasteiger partial charge in [0.1, 0.15) is 24.4 Å².